The van der Waals surface area contributed by atoms with E-state index in [-0.39, 0.29) is 13.2 Å². The quantitative estimate of drug-likeness (QED) is 0.905. The average molecular weight is 331 g/mol. The normalized spacial score (nSPS) is 14.2. The van der Waals surface area contributed by atoms with Gasteiger partial charge in [-0.2, -0.15) is 0 Å². The maximum Gasteiger partial charge on any atom is 0.250 e. The van der Waals surface area contributed by atoms with E-state index in [1.54, 1.807) is 12.1 Å². The van der Waals surface area contributed by atoms with Crippen LogP contribution in [0, 0.1) is 11.6 Å². The third kappa shape index (κ3) is 3.28. The number of fused-ring (bicyclic) bond motifs is 1. The van der Waals surface area contributed by atoms with Crippen LogP contribution in [0.4, 0.5) is 8.78 Å². The molecule has 0 bridgehead atoms. The summed E-state index contributed by atoms with van der Waals surface area (Å²) in [4.78, 5) is 12.2. The first-order valence-electron chi connectivity index (χ1n) is 7.39. The van der Waals surface area contributed by atoms with E-state index in [4.69, 9.17) is 4.74 Å². The number of hydrogen-bond acceptors (Lipinski definition) is 3. The predicted molar refractivity (Wildman–Crippen MR) is 84.2 cm³/mol. The van der Waals surface area contributed by atoms with Crippen molar-refractivity contribution < 1.29 is 23.4 Å². The van der Waals surface area contributed by atoms with Crippen LogP contribution >= 0.6 is 0 Å². The number of para-hydroxylation sites is 1. The molecule has 0 saturated heterocycles. The molecule has 3 rings (SSSR count). The number of benzene rings is 2. The molecule has 4 nitrogen and oxygen atoms in total. The number of halogens is 2. The number of carbonyl (C=O) groups excluding carboxylic acids is 1. The van der Waals surface area contributed by atoms with Crippen LogP contribution in [0.3, 0.4) is 0 Å². The highest BCUT2D eigenvalue weighted by molar-refractivity contribution is 5.99. The highest BCUT2D eigenvalue weighted by atomic mass is 19.1. The Kier molecular flexibility index (Phi) is 4.57. The molecular formula is C18H15F2NO3. The molecule has 0 aromatic heterocycles. The van der Waals surface area contributed by atoms with E-state index in [9.17, 15) is 18.7 Å². The highest BCUT2D eigenvalue weighted by Gasteiger charge is 2.21. The summed E-state index contributed by atoms with van der Waals surface area (Å²) >= 11 is 0. The van der Waals surface area contributed by atoms with Crippen LogP contribution in [0.2, 0.25) is 0 Å². The minimum Gasteiger partial charge on any atom is -0.488 e. The highest BCUT2D eigenvalue weighted by Crippen LogP contribution is 2.26. The molecule has 24 heavy (non-hydrogen) atoms. The summed E-state index contributed by atoms with van der Waals surface area (Å²) in [5.74, 6) is -1.49. The third-order valence-electron chi connectivity index (χ3n) is 3.71. The predicted octanol–water partition coefficient (Wildman–Crippen LogP) is 2.59. The fraction of sp³-hybridized carbons (Fsp3) is 0.167. The standard InChI is InChI=1S/C18H15F2NO3/c19-13-5-3-6-14(20)17(13)15(22)9-21-18(23)12-8-11-4-1-2-7-16(11)24-10-12/h1-8,15,22H,9-10H2,(H,21,23)/t15-/m1/s1. The molecule has 0 spiro atoms. The van der Waals surface area contributed by atoms with Gasteiger partial charge in [0, 0.05) is 12.1 Å². The van der Waals surface area contributed by atoms with Gasteiger partial charge in [-0.3, -0.25) is 4.79 Å². The van der Waals surface area contributed by atoms with Crippen molar-refractivity contribution in [1.82, 2.24) is 5.32 Å². The van der Waals surface area contributed by atoms with Gasteiger partial charge < -0.3 is 15.2 Å². The van der Waals surface area contributed by atoms with Crippen molar-refractivity contribution in [2.75, 3.05) is 13.2 Å². The molecule has 1 heterocycles. The molecule has 1 aliphatic rings. The van der Waals surface area contributed by atoms with Crippen molar-refractivity contribution in [3.05, 3.63) is 70.8 Å². The molecule has 2 aromatic carbocycles. The lowest BCUT2D eigenvalue weighted by molar-refractivity contribution is -0.118. The molecule has 124 valence electrons. The first-order valence-corrected chi connectivity index (χ1v) is 7.39. The van der Waals surface area contributed by atoms with Gasteiger partial charge in [0.25, 0.3) is 5.91 Å². The molecular weight excluding hydrogens is 316 g/mol. The molecule has 0 saturated carbocycles. The summed E-state index contributed by atoms with van der Waals surface area (Å²) in [6.45, 7) is -0.220. The van der Waals surface area contributed by atoms with E-state index in [1.165, 1.54) is 6.07 Å². The van der Waals surface area contributed by atoms with Gasteiger partial charge in [0.15, 0.2) is 0 Å². The second kappa shape index (κ2) is 6.80. The minimum absolute atomic E-state index is 0.0903. The van der Waals surface area contributed by atoms with Gasteiger partial charge in [-0.15, -0.1) is 0 Å². The van der Waals surface area contributed by atoms with E-state index < -0.39 is 29.2 Å². The number of nitrogens with one attached hydrogen (secondary N) is 1. The Bertz CT molecular complexity index is 784. The topological polar surface area (TPSA) is 58.6 Å². The third-order valence-corrected chi connectivity index (χ3v) is 3.71. The Hall–Kier alpha value is -2.73. The molecule has 2 aromatic rings. The number of hydrogen-bond donors (Lipinski definition) is 2. The van der Waals surface area contributed by atoms with E-state index in [0.29, 0.717) is 11.3 Å². The summed E-state index contributed by atoms with van der Waals surface area (Å²) in [7, 11) is 0. The summed E-state index contributed by atoms with van der Waals surface area (Å²) < 4.78 is 32.7. The Morgan fingerprint density at radius 1 is 1.17 bits per heavy atom. The van der Waals surface area contributed by atoms with E-state index in [0.717, 1.165) is 17.7 Å². The number of ether oxygens (including phenoxy) is 1. The molecule has 1 atom stereocenters. The Morgan fingerprint density at radius 2 is 1.88 bits per heavy atom. The molecule has 1 aliphatic heterocycles. The summed E-state index contributed by atoms with van der Waals surface area (Å²) in [5, 5.41) is 12.4. The number of amides is 1. The van der Waals surface area contributed by atoms with Crippen LogP contribution in [0.15, 0.2) is 48.0 Å². The molecule has 0 aliphatic carbocycles. The van der Waals surface area contributed by atoms with Crippen molar-refractivity contribution >= 4 is 12.0 Å². The molecule has 2 N–H and O–H groups in total. The minimum atomic E-state index is -1.48. The molecule has 0 unspecified atom stereocenters. The monoisotopic (exact) mass is 331 g/mol. The fourth-order valence-corrected chi connectivity index (χ4v) is 2.48. The molecule has 0 radical (unpaired) electrons. The largest absolute Gasteiger partial charge is 0.488 e. The van der Waals surface area contributed by atoms with Gasteiger partial charge in [-0.25, -0.2) is 8.78 Å². The van der Waals surface area contributed by atoms with Gasteiger partial charge in [0.05, 0.1) is 11.1 Å². The van der Waals surface area contributed by atoms with Crippen molar-refractivity contribution in [2.45, 2.75) is 6.10 Å². The zero-order valence-electron chi connectivity index (χ0n) is 12.6. The van der Waals surface area contributed by atoms with Gasteiger partial charge in [0.1, 0.15) is 30.1 Å². The van der Waals surface area contributed by atoms with Crippen molar-refractivity contribution in [1.29, 1.82) is 0 Å². The van der Waals surface area contributed by atoms with Crippen LogP contribution in [0.5, 0.6) is 5.75 Å². The summed E-state index contributed by atoms with van der Waals surface area (Å²) in [5.41, 5.74) is 0.682. The summed E-state index contributed by atoms with van der Waals surface area (Å²) in [6, 6.07) is 10.6. The van der Waals surface area contributed by atoms with Gasteiger partial charge in [-0.1, -0.05) is 24.3 Å². The van der Waals surface area contributed by atoms with Crippen molar-refractivity contribution in [3.63, 3.8) is 0 Å². The lowest BCUT2D eigenvalue weighted by atomic mass is 10.1. The number of carbonyl (C=O) groups is 1. The van der Waals surface area contributed by atoms with Crippen molar-refractivity contribution in [3.8, 4) is 5.75 Å². The first-order chi connectivity index (χ1) is 11.6. The number of rotatable bonds is 4. The number of aliphatic hydroxyl groups is 1. The second-order valence-electron chi connectivity index (χ2n) is 5.36. The zero-order valence-corrected chi connectivity index (χ0v) is 12.6. The average Bonchev–Trinajstić information content (AvgIpc) is 2.59. The van der Waals surface area contributed by atoms with Crippen LogP contribution in [-0.4, -0.2) is 24.2 Å². The van der Waals surface area contributed by atoms with Gasteiger partial charge >= 0.3 is 0 Å². The van der Waals surface area contributed by atoms with Gasteiger partial charge in [0.2, 0.25) is 0 Å². The SMILES string of the molecule is O=C(NC[C@@H](O)c1c(F)cccc1F)C1=Cc2ccccc2OC1. The molecule has 6 heteroatoms. The lowest BCUT2D eigenvalue weighted by Gasteiger charge is -2.18. The van der Waals surface area contributed by atoms with Crippen LogP contribution in [0.1, 0.15) is 17.2 Å². The lowest BCUT2D eigenvalue weighted by Crippen LogP contribution is -2.32. The Labute approximate surface area is 137 Å². The van der Waals surface area contributed by atoms with E-state index >= 15 is 0 Å². The van der Waals surface area contributed by atoms with Crippen LogP contribution < -0.4 is 10.1 Å². The van der Waals surface area contributed by atoms with Crippen molar-refractivity contribution in [2.24, 2.45) is 0 Å². The van der Waals surface area contributed by atoms with E-state index in [1.807, 2.05) is 18.2 Å². The Morgan fingerprint density at radius 3 is 2.62 bits per heavy atom. The van der Waals surface area contributed by atoms with Gasteiger partial charge in [-0.05, 0) is 24.3 Å². The number of aliphatic hydroxyl groups excluding tert-OH is 1. The maximum atomic E-state index is 13.6. The zero-order chi connectivity index (χ0) is 17.1. The Balaban J connectivity index is 1.67. The smallest absolute Gasteiger partial charge is 0.250 e. The van der Waals surface area contributed by atoms with Crippen LogP contribution in [0.25, 0.3) is 6.08 Å². The molecule has 0 fully saturated rings. The second-order valence-corrected chi connectivity index (χ2v) is 5.36. The van der Waals surface area contributed by atoms with E-state index in [2.05, 4.69) is 5.32 Å². The summed E-state index contributed by atoms with van der Waals surface area (Å²) in [6.07, 6.45) is 0.206. The fourth-order valence-electron chi connectivity index (χ4n) is 2.48. The molecule has 1 amide bonds. The maximum absolute atomic E-state index is 13.6. The first kappa shape index (κ1) is 16.1. The van der Waals surface area contributed by atoms with Crippen LogP contribution in [-0.2, 0) is 4.79 Å².